The Morgan fingerprint density at radius 1 is 1.17 bits per heavy atom. The number of hydrogen-bond acceptors (Lipinski definition) is 7. The number of nitrogens with zero attached hydrogens (tertiary/aromatic N) is 2. The Morgan fingerprint density at radius 2 is 1.98 bits per heavy atom. The largest absolute Gasteiger partial charge is 0.497 e. The molecule has 232 valence electrons. The lowest BCUT2D eigenvalue weighted by Crippen LogP contribution is -2.47. The van der Waals surface area contributed by atoms with Gasteiger partial charge >= 0.3 is 0 Å². The van der Waals surface area contributed by atoms with Crippen molar-refractivity contribution in [3.8, 4) is 11.5 Å². The van der Waals surface area contributed by atoms with Crippen LogP contribution in [0.1, 0.15) is 63.5 Å². The third kappa shape index (κ3) is 8.39. The first-order valence-corrected chi connectivity index (χ1v) is 15.7. The molecule has 0 saturated carbocycles. The minimum atomic E-state index is 0.0251. The SMILES string of the molecule is CCCN(C(C)=O)[C@H](C)CC[C@@H]1CNC[C@H](OCc2ccc3c(c2)N(CCCOC)CCO3)[C@H]1c1ccc(OC)cc1. The Bertz CT molecular complexity index is 1110. The van der Waals surface area contributed by atoms with E-state index in [1.54, 1.807) is 21.1 Å². The highest BCUT2D eigenvalue weighted by Gasteiger charge is 2.35. The zero-order valence-electron chi connectivity index (χ0n) is 26.3. The lowest BCUT2D eigenvalue weighted by molar-refractivity contribution is -0.131. The van der Waals surface area contributed by atoms with Crippen LogP contribution in [-0.2, 0) is 20.9 Å². The van der Waals surface area contributed by atoms with Crippen LogP contribution in [0, 0.1) is 5.92 Å². The minimum absolute atomic E-state index is 0.0251. The van der Waals surface area contributed by atoms with Crippen LogP contribution in [0.2, 0.25) is 0 Å². The van der Waals surface area contributed by atoms with E-state index >= 15 is 0 Å². The normalized spacial score (nSPS) is 20.9. The second-order valence-electron chi connectivity index (χ2n) is 11.7. The molecule has 1 amide bonds. The van der Waals surface area contributed by atoms with E-state index in [9.17, 15) is 4.79 Å². The number of rotatable bonds is 15. The number of carbonyl (C=O) groups is 1. The topological polar surface area (TPSA) is 72.5 Å². The Balaban J connectivity index is 1.49. The first kappa shape index (κ1) is 32.1. The van der Waals surface area contributed by atoms with Crippen molar-refractivity contribution < 1.29 is 23.7 Å². The number of carbonyl (C=O) groups excluding carboxylic acids is 1. The lowest BCUT2D eigenvalue weighted by Gasteiger charge is -2.40. The second kappa shape index (κ2) is 16.1. The zero-order valence-corrected chi connectivity index (χ0v) is 26.3. The van der Waals surface area contributed by atoms with Crippen LogP contribution in [0.4, 0.5) is 5.69 Å². The van der Waals surface area contributed by atoms with Crippen molar-refractivity contribution in [1.82, 2.24) is 10.2 Å². The molecule has 42 heavy (non-hydrogen) atoms. The van der Waals surface area contributed by atoms with Gasteiger partial charge in [0, 0.05) is 52.2 Å². The van der Waals surface area contributed by atoms with Crippen molar-refractivity contribution >= 4 is 11.6 Å². The van der Waals surface area contributed by atoms with E-state index in [-0.39, 0.29) is 24.0 Å². The molecule has 2 aromatic carbocycles. The van der Waals surface area contributed by atoms with E-state index in [0.717, 1.165) is 87.8 Å². The summed E-state index contributed by atoms with van der Waals surface area (Å²) in [5.41, 5.74) is 3.57. The Morgan fingerprint density at radius 3 is 2.69 bits per heavy atom. The van der Waals surface area contributed by atoms with Crippen LogP contribution in [0.3, 0.4) is 0 Å². The standard InChI is InChI=1S/C34H51N3O5/c1-6-16-37(26(3)38)25(2)8-10-29-22-35-23-33(34(29)28-11-13-30(40-5)14-12-28)42-24-27-9-15-32-31(21-27)36(18-20-41-32)17-7-19-39-4/h9,11-15,21,25,29,33-35H,6-8,10,16-20,22-24H2,1-5H3/t25-,29-,33+,34+/m1/s1. The average Bonchev–Trinajstić information content (AvgIpc) is 3.01. The molecule has 0 aromatic heterocycles. The predicted molar refractivity (Wildman–Crippen MR) is 168 cm³/mol. The Labute approximate surface area is 252 Å². The molecular formula is C34H51N3O5. The monoisotopic (exact) mass is 581 g/mol. The molecule has 1 N–H and O–H groups in total. The third-order valence-electron chi connectivity index (χ3n) is 8.74. The Hall–Kier alpha value is -2.81. The summed E-state index contributed by atoms with van der Waals surface area (Å²) in [6.45, 7) is 12.4. The molecule has 0 spiro atoms. The predicted octanol–water partition coefficient (Wildman–Crippen LogP) is 5.25. The summed E-state index contributed by atoms with van der Waals surface area (Å²) < 4.78 is 23.4. The smallest absolute Gasteiger partial charge is 0.219 e. The molecule has 0 bridgehead atoms. The fourth-order valence-corrected chi connectivity index (χ4v) is 6.51. The van der Waals surface area contributed by atoms with Crippen molar-refractivity contribution in [1.29, 1.82) is 0 Å². The first-order chi connectivity index (χ1) is 20.4. The van der Waals surface area contributed by atoms with Crippen LogP contribution in [0.25, 0.3) is 0 Å². The van der Waals surface area contributed by atoms with Gasteiger partial charge in [0.15, 0.2) is 0 Å². The number of hydrogen-bond donors (Lipinski definition) is 1. The van der Waals surface area contributed by atoms with Gasteiger partial charge in [-0.2, -0.15) is 0 Å². The van der Waals surface area contributed by atoms with Crippen LogP contribution >= 0.6 is 0 Å². The molecule has 2 aromatic rings. The molecular weight excluding hydrogens is 530 g/mol. The van der Waals surface area contributed by atoms with Crippen molar-refractivity contribution in [2.75, 3.05) is 65.1 Å². The summed E-state index contributed by atoms with van der Waals surface area (Å²) in [6, 6.07) is 15.1. The van der Waals surface area contributed by atoms with Crippen molar-refractivity contribution in [2.45, 2.75) is 71.1 Å². The van der Waals surface area contributed by atoms with E-state index in [1.165, 1.54) is 5.56 Å². The maximum atomic E-state index is 12.3. The van der Waals surface area contributed by atoms with E-state index in [0.29, 0.717) is 19.1 Å². The van der Waals surface area contributed by atoms with E-state index < -0.39 is 0 Å². The third-order valence-corrected chi connectivity index (χ3v) is 8.74. The molecule has 2 heterocycles. The van der Waals surface area contributed by atoms with Crippen LogP contribution in [0.5, 0.6) is 11.5 Å². The van der Waals surface area contributed by atoms with Gasteiger partial charge in [-0.1, -0.05) is 25.1 Å². The molecule has 1 fully saturated rings. The molecule has 0 unspecified atom stereocenters. The summed E-state index contributed by atoms with van der Waals surface area (Å²) >= 11 is 0. The fraction of sp³-hybridized carbons (Fsp3) is 0.618. The highest BCUT2D eigenvalue weighted by atomic mass is 16.5. The van der Waals surface area contributed by atoms with E-state index in [1.807, 2.05) is 4.90 Å². The number of amides is 1. The molecule has 8 heteroatoms. The highest BCUT2D eigenvalue weighted by molar-refractivity contribution is 5.73. The Kier molecular flexibility index (Phi) is 12.3. The number of nitrogens with one attached hydrogen (secondary N) is 1. The molecule has 8 nitrogen and oxygen atoms in total. The molecule has 1 saturated heterocycles. The van der Waals surface area contributed by atoms with Crippen molar-refractivity contribution in [3.05, 3.63) is 53.6 Å². The zero-order chi connectivity index (χ0) is 29.9. The summed E-state index contributed by atoms with van der Waals surface area (Å²) in [5.74, 6) is 2.59. The number of methoxy groups -OCH3 is 2. The van der Waals surface area contributed by atoms with E-state index in [4.69, 9.17) is 18.9 Å². The fourth-order valence-electron chi connectivity index (χ4n) is 6.51. The summed E-state index contributed by atoms with van der Waals surface area (Å²) in [7, 11) is 3.45. The lowest BCUT2D eigenvalue weighted by atomic mass is 9.76. The summed E-state index contributed by atoms with van der Waals surface area (Å²) in [4.78, 5) is 16.7. The maximum Gasteiger partial charge on any atom is 0.219 e. The summed E-state index contributed by atoms with van der Waals surface area (Å²) in [5, 5.41) is 3.66. The van der Waals surface area contributed by atoms with Gasteiger partial charge in [0.2, 0.25) is 5.91 Å². The van der Waals surface area contributed by atoms with Crippen LogP contribution in [-0.4, -0.2) is 83.1 Å². The van der Waals surface area contributed by atoms with Gasteiger partial charge in [-0.3, -0.25) is 4.79 Å². The van der Waals surface area contributed by atoms with Gasteiger partial charge in [0.1, 0.15) is 18.1 Å². The number of piperidine rings is 1. The number of fused-ring (bicyclic) bond motifs is 1. The van der Waals surface area contributed by atoms with Gasteiger partial charge in [-0.25, -0.2) is 0 Å². The number of benzene rings is 2. The molecule has 2 aliphatic heterocycles. The van der Waals surface area contributed by atoms with Gasteiger partial charge in [0.05, 0.1) is 32.1 Å². The molecule has 4 rings (SSSR count). The van der Waals surface area contributed by atoms with Gasteiger partial charge in [-0.15, -0.1) is 0 Å². The molecule has 2 aliphatic rings. The maximum absolute atomic E-state index is 12.3. The molecule has 0 aliphatic carbocycles. The molecule has 0 radical (unpaired) electrons. The van der Waals surface area contributed by atoms with Crippen molar-refractivity contribution in [2.24, 2.45) is 5.92 Å². The van der Waals surface area contributed by atoms with Gasteiger partial charge in [0.25, 0.3) is 0 Å². The first-order valence-electron chi connectivity index (χ1n) is 15.7. The van der Waals surface area contributed by atoms with E-state index in [2.05, 4.69) is 66.5 Å². The van der Waals surface area contributed by atoms with Gasteiger partial charge in [-0.05, 0) is 80.5 Å². The average molecular weight is 582 g/mol. The van der Waals surface area contributed by atoms with Gasteiger partial charge < -0.3 is 34.1 Å². The summed E-state index contributed by atoms with van der Waals surface area (Å²) in [6.07, 6.45) is 3.97. The molecule has 4 atom stereocenters. The quantitative estimate of drug-likeness (QED) is 0.288. The highest BCUT2D eigenvalue weighted by Crippen LogP contribution is 2.38. The van der Waals surface area contributed by atoms with Crippen LogP contribution in [0.15, 0.2) is 42.5 Å². The number of anilines is 1. The van der Waals surface area contributed by atoms with Crippen LogP contribution < -0.4 is 19.7 Å². The minimum Gasteiger partial charge on any atom is -0.497 e. The number of ether oxygens (including phenoxy) is 4. The van der Waals surface area contributed by atoms with Crippen molar-refractivity contribution in [3.63, 3.8) is 0 Å². The second-order valence-corrected chi connectivity index (χ2v) is 11.7.